The Morgan fingerprint density at radius 1 is 1.33 bits per heavy atom. The molecule has 1 atom stereocenters. The number of aryl methyl sites for hydroxylation is 2. The second-order valence-corrected chi connectivity index (χ2v) is 4.82. The van der Waals surface area contributed by atoms with Gasteiger partial charge in [-0.3, -0.25) is 10.1 Å². The predicted octanol–water partition coefficient (Wildman–Crippen LogP) is 2.88. The predicted molar refractivity (Wildman–Crippen MR) is 72.9 cm³/mol. The number of nitro groups is 1. The third-order valence-electron chi connectivity index (χ3n) is 3.37. The van der Waals surface area contributed by atoms with Crippen molar-refractivity contribution in [2.45, 2.75) is 26.8 Å². The number of aromatic nitrogens is 2. The van der Waals surface area contributed by atoms with Gasteiger partial charge in [0.05, 0.1) is 11.0 Å². The Balaban J connectivity index is 2.55. The van der Waals surface area contributed by atoms with Crippen LogP contribution in [0.15, 0.2) is 12.1 Å². The zero-order valence-corrected chi connectivity index (χ0v) is 11.7. The molecule has 2 N–H and O–H groups in total. The second kappa shape index (κ2) is 5.12. The summed E-state index contributed by atoms with van der Waals surface area (Å²) in [5.74, 6) is -1.36. The lowest BCUT2D eigenvalue weighted by molar-refractivity contribution is -0.384. The highest BCUT2D eigenvalue weighted by Crippen LogP contribution is 2.31. The van der Waals surface area contributed by atoms with Gasteiger partial charge in [0.25, 0.3) is 0 Å². The zero-order valence-electron chi connectivity index (χ0n) is 11.7. The number of hydrogen-bond acceptors (Lipinski definition) is 4. The largest absolute Gasteiger partial charge is 0.378 e. The first-order valence-corrected chi connectivity index (χ1v) is 6.18. The number of rotatable bonds is 3. The maximum Gasteiger partial charge on any atom is 0.333 e. The molecule has 112 valence electrons. The van der Waals surface area contributed by atoms with Crippen LogP contribution in [0, 0.1) is 35.6 Å². The Labute approximate surface area is 119 Å². The summed E-state index contributed by atoms with van der Waals surface area (Å²) >= 11 is 0. The minimum atomic E-state index is -0.771. The van der Waals surface area contributed by atoms with Gasteiger partial charge in [-0.25, -0.2) is 13.5 Å². The van der Waals surface area contributed by atoms with Crippen molar-refractivity contribution in [1.29, 1.82) is 0 Å². The second-order valence-electron chi connectivity index (χ2n) is 4.82. The first-order valence-electron chi connectivity index (χ1n) is 6.18. The summed E-state index contributed by atoms with van der Waals surface area (Å²) in [5.41, 5.74) is 5.71. The maximum atomic E-state index is 14.0. The van der Waals surface area contributed by atoms with Crippen LogP contribution in [0.5, 0.6) is 0 Å². The molecule has 2 rings (SSSR count). The highest BCUT2D eigenvalue weighted by Gasteiger charge is 2.27. The van der Waals surface area contributed by atoms with Gasteiger partial charge in [-0.05, 0) is 38.5 Å². The summed E-state index contributed by atoms with van der Waals surface area (Å²) in [6, 6.07) is 1.35. The smallest absolute Gasteiger partial charge is 0.333 e. The number of nitrogen functional groups attached to an aromatic ring is 1. The Morgan fingerprint density at radius 2 is 1.95 bits per heavy atom. The first kappa shape index (κ1) is 14.9. The number of nitrogens with two attached hydrogens (primary N) is 1. The molecule has 8 heteroatoms. The van der Waals surface area contributed by atoms with Crippen molar-refractivity contribution >= 4 is 11.5 Å². The SMILES string of the molecule is Cc1cc(F)c(C(C)n2nc(C)c([N+](=O)[O-])c2N)cc1F. The Hall–Kier alpha value is -2.51. The average Bonchev–Trinajstić information content (AvgIpc) is 2.68. The van der Waals surface area contributed by atoms with Crippen LogP contribution in [0.2, 0.25) is 0 Å². The van der Waals surface area contributed by atoms with E-state index >= 15 is 0 Å². The van der Waals surface area contributed by atoms with E-state index in [1.54, 1.807) is 6.92 Å². The average molecular weight is 296 g/mol. The van der Waals surface area contributed by atoms with Gasteiger partial charge >= 0.3 is 5.69 Å². The molecule has 0 saturated heterocycles. The quantitative estimate of drug-likeness (QED) is 0.697. The normalized spacial score (nSPS) is 12.4. The molecule has 0 radical (unpaired) electrons. The van der Waals surface area contributed by atoms with Gasteiger partial charge in [0.15, 0.2) is 0 Å². The van der Waals surface area contributed by atoms with Gasteiger partial charge in [-0.1, -0.05) is 0 Å². The molecule has 0 bridgehead atoms. The highest BCUT2D eigenvalue weighted by atomic mass is 19.1. The molecular weight excluding hydrogens is 282 g/mol. The number of halogens is 2. The molecule has 6 nitrogen and oxygen atoms in total. The van der Waals surface area contributed by atoms with Crippen molar-refractivity contribution in [2.75, 3.05) is 5.73 Å². The molecule has 0 aliphatic rings. The summed E-state index contributed by atoms with van der Waals surface area (Å²) in [6.07, 6.45) is 0. The molecule has 1 aromatic heterocycles. The maximum absolute atomic E-state index is 14.0. The van der Waals surface area contributed by atoms with Gasteiger partial charge < -0.3 is 5.73 Å². The monoisotopic (exact) mass is 296 g/mol. The molecule has 2 aromatic rings. The van der Waals surface area contributed by atoms with E-state index in [9.17, 15) is 18.9 Å². The zero-order chi connectivity index (χ0) is 15.9. The summed E-state index contributed by atoms with van der Waals surface area (Å²) in [6.45, 7) is 4.42. The highest BCUT2D eigenvalue weighted by molar-refractivity contribution is 5.56. The number of hydrogen-bond donors (Lipinski definition) is 1. The number of anilines is 1. The Bertz CT molecular complexity index is 727. The number of nitrogens with zero attached hydrogens (tertiary/aromatic N) is 3. The molecule has 0 aliphatic carbocycles. The van der Waals surface area contributed by atoms with Crippen molar-refractivity contribution in [1.82, 2.24) is 9.78 Å². The summed E-state index contributed by atoms with van der Waals surface area (Å²) in [4.78, 5) is 10.3. The van der Waals surface area contributed by atoms with Crippen LogP contribution in [0.4, 0.5) is 20.3 Å². The molecule has 1 heterocycles. The van der Waals surface area contributed by atoms with Crippen LogP contribution >= 0.6 is 0 Å². The van der Waals surface area contributed by atoms with Crippen LogP contribution in [-0.2, 0) is 0 Å². The molecule has 0 amide bonds. The molecule has 21 heavy (non-hydrogen) atoms. The Kier molecular flexibility index (Phi) is 3.63. The van der Waals surface area contributed by atoms with Crippen LogP contribution in [0.3, 0.4) is 0 Å². The molecule has 0 fully saturated rings. The van der Waals surface area contributed by atoms with Crippen LogP contribution in [-0.4, -0.2) is 14.7 Å². The van der Waals surface area contributed by atoms with Gasteiger partial charge in [0.1, 0.15) is 17.3 Å². The topological polar surface area (TPSA) is 87.0 Å². The summed E-state index contributed by atoms with van der Waals surface area (Å²) in [7, 11) is 0. The fraction of sp³-hybridized carbons (Fsp3) is 0.308. The molecule has 0 saturated carbocycles. The van der Waals surface area contributed by atoms with Crippen LogP contribution < -0.4 is 5.73 Å². The minimum Gasteiger partial charge on any atom is -0.378 e. The molecule has 1 aromatic carbocycles. The van der Waals surface area contributed by atoms with E-state index in [1.807, 2.05) is 0 Å². The van der Waals surface area contributed by atoms with E-state index in [0.29, 0.717) is 0 Å². The van der Waals surface area contributed by atoms with E-state index in [-0.39, 0.29) is 28.3 Å². The Morgan fingerprint density at radius 3 is 2.48 bits per heavy atom. The molecule has 1 unspecified atom stereocenters. The lowest BCUT2D eigenvalue weighted by Gasteiger charge is -2.15. The van der Waals surface area contributed by atoms with Gasteiger partial charge in [-0.2, -0.15) is 5.10 Å². The van der Waals surface area contributed by atoms with E-state index in [0.717, 1.165) is 16.8 Å². The molecular formula is C13H14F2N4O2. The lowest BCUT2D eigenvalue weighted by Crippen LogP contribution is -2.14. The van der Waals surface area contributed by atoms with Crippen molar-refractivity contribution in [3.63, 3.8) is 0 Å². The summed E-state index contributed by atoms with van der Waals surface area (Å²) < 4.78 is 28.7. The minimum absolute atomic E-state index is 0.0298. The van der Waals surface area contributed by atoms with Crippen molar-refractivity contribution < 1.29 is 13.7 Å². The third-order valence-corrected chi connectivity index (χ3v) is 3.37. The van der Waals surface area contributed by atoms with Crippen LogP contribution in [0.25, 0.3) is 0 Å². The fourth-order valence-electron chi connectivity index (χ4n) is 2.19. The number of benzene rings is 1. The van der Waals surface area contributed by atoms with Gasteiger partial charge in [0, 0.05) is 5.56 Å². The lowest BCUT2D eigenvalue weighted by atomic mass is 10.1. The van der Waals surface area contributed by atoms with E-state index in [4.69, 9.17) is 5.73 Å². The van der Waals surface area contributed by atoms with Crippen molar-refractivity contribution in [3.05, 3.63) is 50.7 Å². The van der Waals surface area contributed by atoms with Crippen molar-refractivity contribution in [3.8, 4) is 0 Å². The van der Waals surface area contributed by atoms with E-state index in [1.165, 1.54) is 13.8 Å². The summed E-state index contributed by atoms with van der Waals surface area (Å²) in [5, 5.41) is 14.9. The van der Waals surface area contributed by atoms with E-state index < -0.39 is 22.6 Å². The van der Waals surface area contributed by atoms with Gasteiger partial charge in [-0.15, -0.1) is 0 Å². The molecule has 0 aliphatic heterocycles. The van der Waals surface area contributed by atoms with E-state index in [2.05, 4.69) is 5.10 Å². The molecule has 0 spiro atoms. The van der Waals surface area contributed by atoms with Crippen LogP contribution in [0.1, 0.15) is 29.8 Å². The van der Waals surface area contributed by atoms with Gasteiger partial charge in [0.2, 0.25) is 5.82 Å². The van der Waals surface area contributed by atoms with Crippen molar-refractivity contribution in [2.24, 2.45) is 0 Å². The standard InChI is InChI=1S/C13H14F2N4O2/c1-6-4-11(15)9(5-10(6)14)8(3)18-13(16)12(19(20)21)7(2)17-18/h4-5,8H,16H2,1-3H3. The first-order chi connectivity index (χ1) is 9.73. The third kappa shape index (κ3) is 2.44. The fourth-order valence-corrected chi connectivity index (χ4v) is 2.19.